The molecule has 2 atom stereocenters. The molecule has 4 heteroatoms. The molecule has 31 heavy (non-hydrogen) atoms. The summed E-state index contributed by atoms with van der Waals surface area (Å²) in [7, 11) is 0. The van der Waals surface area contributed by atoms with E-state index in [1.165, 1.54) is 5.56 Å². The molecule has 1 aromatic heterocycles. The van der Waals surface area contributed by atoms with E-state index in [2.05, 4.69) is 55.2 Å². The topological polar surface area (TPSA) is 54.4 Å². The standard InChI is InChI=1S/C27H24N2O2/c1-17-13-15-19(16-14-17)24(23-18(2)28-22-12-8-7-11-21(22)23)27(3)26(30)31-25(29-27)20-9-5-4-6-10-20/h4-16,24,28H,1-3H3/t24-,27+/m1/s1. The highest BCUT2D eigenvalue weighted by atomic mass is 16.6. The summed E-state index contributed by atoms with van der Waals surface area (Å²) in [5, 5.41) is 1.10. The lowest BCUT2D eigenvalue weighted by Gasteiger charge is -2.29. The molecule has 0 saturated heterocycles. The van der Waals surface area contributed by atoms with Crippen molar-refractivity contribution in [3.8, 4) is 0 Å². The van der Waals surface area contributed by atoms with Crippen LogP contribution in [0.1, 0.15) is 40.8 Å². The molecular formula is C27H24N2O2. The van der Waals surface area contributed by atoms with Crippen LogP contribution in [0, 0.1) is 13.8 Å². The summed E-state index contributed by atoms with van der Waals surface area (Å²) in [6.45, 7) is 6.01. The lowest BCUT2D eigenvalue weighted by Crippen LogP contribution is -2.38. The van der Waals surface area contributed by atoms with Crippen molar-refractivity contribution in [2.45, 2.75) is 32.2 Å². The molecule has 1 aliphatic rings. The number of hydrogen-bond acceptors (Lipinski definition) is 3. The van der Waals surface area contributed by atoms with Crippen molar-refractivity contribution in [2.75, 3.05) is 0 Å². The zero-order chi connectivity index (χ0) is 21.6. The van der Waals surface area contributed by atoms with Crippen LogP contribution in [0.5, 0.6) is 0 Å². The highest BCUT2D eigenvalue weighted by molar-refractivity contribution is 6.08. The number of nitrogens with one attached hydrogen (secondary N) is 1. The average molecular weight is 409 g/mol. The first-order valence-electron chi connectivity index (χ1n) is 10.5. The number of para-hydroxylation sites is 1. The number of aliphatic imine (C=N–C) groups is 1. The maximum Gasteiger partial charge on any atom is 0.341 e. The number of aromatic amines is 1. The summed E-state index contributed by atoms with van der Waals surface area (Å²) in [4.78, 5) is 21.7. The quantitative estimate of drug-likeness (QED) is 0.442. The van der Waals surface area contributed by atoms with E-state index in [0.29, 0.717) is 5.90 Å². The van der Waals surface area contributed by atoms with E-state index in [4.69, 9.17) is 9.73 Å². The molecule has 0 saturated carbocycles. The third-order valence-electron chi connectivity index (χ3n) is 6.16. The molecule has 1 aliphatic heterocycles. The molecule has 4 aromatic rings. The van der Waals surface area contributed by atoms with Gasteiger partial charge in [-0.2, -0.15) is 0 Å². The maximum atomic E-state index is 13.4. The molecule has 0 radical (unpaired) electrons. The molecule has 0 unspecified atom stereocenters. The van der Waals surface area contributed by atoms with Crippen LogP contribution in [0.15, 0.2) is 83.9 Å². The monoisotopic (exact) mass is 408 g/mol. The third kappa shape index (κ3) is 3.15. The minimum atomic E-state index is -1.09. The first kappa shape index (κ1) is 19.3. The van der Waals surface area contributed by atoms with Crippen molar-refractivity contribution in [3.05, 3.63) is 107 Å². The summed E-state index contributed by atoms with van der Waals surface area (Å²) >= 11 is 0. The molecule has 5 rings (SSSR count). The number of H-pyrrole nitrogens is 1. The van der Waals surface area contributed by atoms with Gasteiger partial charge in [0, 0.05) is 28.1 Å². The van der Waals surface area contributed by atoms with Crippen LogP contribution in [-0.4, -0.2) is 22.4 Å². The fourth-order valence-corrected chi connectivity index (χ4v) is 4.56. The van der Waals surface area contributed by atoms with Crippen molar-refractivity contribution in [3.63, 3.8) is 0 Å². The van der Waals surface area contributed by atoms with Crippen molar-refractivity contribution in [1.82, 2.24) is 4.98 Å². The average Bonchev–Trinajstić information content (AvgIpc) is 3.27. The van der Waals surface area contributed by atoms with E-state index >= 15 is 0 Å². The minimum absolute atomic E-state index is 0.294. The number of aryl methyl sites for hydroxylation is 2. The Labute approximate surface area is 181 Å². The Kier molecular flexibility index (Phi) is 4.51. The Hall–Kier alpha value is -3.66. The largest absolute Gasteiger partial charge is 0.405 e. The number of nitrogens with zero attached hydrogens (tertiary/aromatic N) is 1. The van der Waals surface area contributed by atoms with Crippen molar-refractivity contribution in [2.24, 2.45) is 4.99 Å². The van der Waals surface area contributed by atoms with E-state index in [1.807, 2.05) is 49.4 Å². The lowest BCUT2D eigenvalue weighted by atomic mass is 9.75. The third-order valence-corrected chi connectivity index (χ3v) is 6.16. The van der Waals surface area contributed by atoms with Gasteiger partial charge >= 0.3 is 5.97 Å². The summed E-state index contributed by atoms with van der Waals surface area (Å²) < 4.78 is 5.74. The summed E-state index contributed by atoms with van der Waals surface area (Å²) in [6.07, 6.45) is 0. The Morgan fingerprint density at radius 3 is 2.32 bits per heavy atom. The Morgan fingerprint density at radius 1 is 0.903 bits per heavy atom. The van der Waals surface area contributed by atoms with Crippen LogP contribution in [0.3, 0.4) is 0 Å². The minimum Gasteiger partial charge on any atom is -0.405 e. The van der Waals surface area contributed by atoms with Crippen molar-refractivity contribution >= 4 is 22.8 Å². The van der Waals surface area contributed by atoms with Crippen molar-refractivity contribution < 1.29 is 9.53 Å². The number of hydrogen-bond donors (Lipinski definition) is 1. The fourth-order valence-electron chi connectivity index (χ4n) is 4.56. The zero-order valence-electron chi connectivity index (χ0n) is 17.8. The van der Waals surface area contributed by atoms with E-state index in [0.717, 1.165) is 33.3 Å². The van der Waals surface area contributed by atoms with Gasteiger partial charge in [-0.1, -0.05) is 66.2 Å². The first-order valence-corrected chi connectivity index (χ1v) is 10.5. The summed E-state index contributed by atoms with van der Waals surface area (Å²) in [5.74, 6) is -0.248. The van der Waals surface area contributed by atoms with Crippen LogP contribution in [0.25, 0.3) is 10.9 Å². The van der Waals surface area contributed by atoms with Gasteiger partial charge in [0.05, 0.1) is 0 Å². The molecule has 0 fully saturated rings. The van der Waals surface area contributed by atoms with Gasteiger partial charge in [-0.05, 0) is 50.1 Å². The molecule has 4 nitrogen and oxygen atoms in total. The predicted octanol–water partition coefficient (Wildman–Crippen LogP) is 5.68. The SMILES string of the molecule is Cc1ccc([C@H](c2c(C)[nH]c3ccccc23)[C@]2(C)N=C(c3ccccc3)OC2=O)cc1. The summed E-state index contributed by atoms with van der Waals surface area (Å²) in [5.41, 5.74) is 5.09. The van der Waals surface area contributed by atoms with Gasteiger partial charge in [-0.3, -0.25) is 0 Å². The van der Waals surface area contributed by atoms with Gasteiger partial charge in [0.25, 0.3) is 0 Å². The van der Waals surface area contributed by atoms with E-state index in [1.54, 1.807) is 0 Å². The van der Waals surface area contributed by atoms with Crippen LogP contribution in [0.4, 0.5) is 0 Å². The Morgan fingerprint density at radius 2 is 1.58 bits per heavy atom. The second-order valence-electron chi connectivity index (χ2n) is 8.37. The fraction of sp³-hybridized carbons (Fsp3) is 0.185. The normalized spacial score (nSPS) is 19.3. The second kappa shape index (κ2) is 7.24. The molecule has 154 valence electrons. The first-order chi connectivity index (χ1) is 15.0. The maximum absolute atomic E-state index is 13.4. The van der Waals surface area contributed by atoms with Gasteiger partial charge in [0.1, 0.15) is 0 Å². The van der Waals surface area contributed by atoms with Crippen LogP contribution >= 0.6 is 0 Å². The number of cyclic esters (lactones) is 1. The van der Waals surface area contributed by atoms with E-state index < -0.39 is 5.54 Å². The highest BCUT2D eigenvalue weighted by Gasteiger charge is 2.50. The van der Waals surface area contributed by atoms with Crippen LogP contribution in [0.2, 0.25) is 0 Å². The molecular weight excluding hydrogens is 384 g/mol. The number of ether oxygens (including phenoxy) is 1. The van der Waals surface area contributed by atoms with Gasteiger partial charge in [-0.15, -0.1) is 0 Å². The molecule has 0 amide bonds. The Bertz CT molecular complexity index is 1300. The molecule has 0 spiro atoms. The predicted molar refractivity (Wildman–Crippen MR) is 124 cm³/mol. The smallest absolute Gasteiger partial charge is 0.341 e. The number of aromatic nitrogens is 1. The van der Waals surface area contributed by atoms with E-state index in [9.17, 15) is 4.79 Å². The van der Waals surface area contributed by atoms with Crippen molar-refractivity contribution in [1.29, 1.82) is 0 Å². The zero-order valence-corrected chi connectivity index (χ0v) is 17.8. The van der Waals surface area contributed by atoms with Gasteiger partial charge in [0.2, 0.25) is 5.90 Å². The summed E-state index contributed by atoms with van der Waals surface area (Å²) in [6, 6.07) is 26.1. The molecule has 3 aromatic carbocycles. The lowest BCUT2D eigenvalue weighted by molar-refractivity contribution is -0.138. The molecule has 2 heterocycles. The Balaban J connectivity index is 1.75. The van der Waals surface area contributed by atoms with Gasteiger partial charge < -0.3 is 9.72 Å². The van der Waals surface area contributed by atoms with E-state index in [-0.39, 0.29) is 11.9 Å². The number of esters is 1. The van der Waals surface area contributed by atoms with Crippen LogP contribution < -0.4 is 0 Å². The van der Waals surface area contributed by atoms with Gasteiger partial charge in [0.15, 0.2) is 5.54 Å². The number of carbonyl (C=O) groups is 1. The molecule has 0 aliphatic carbocycles. The number of fused-ring (bicyclic) bond motifs is 1. The van der Waals surface area contributed by atoms with Gasteiger partial charge in [-0.25, -0.2) is 9.79 Å². The number of benzene rings is 3. The number of carbonyl (C=O) groups excluding carboxylic acids is 1. The second-order valence-corrected chi connectivity index (χ2v) is 8.37. The van der Waals surface area contributed by atoms with Crippen LogP contribution in [-0.2, 0) is 9.53 Å². The highest BCUT2D eigenvalue weighted by Crippen LogP contribution is 2.45. The molecule has 0 bridgehead atoms. The molecule has 1 N–H and O–H groups in total. The number of rotatable bonds is 4.